The number of urea groups is 1. The van der Waals surface area contributed by atoms with Crippen LogP contribution >= 0.6 is 0 Å². The molecule has 0 aliphatic carbocycles. The van der Waals surface area contributed by atoms with Gasteiger partial charge in [-0.3, -0.25) is 4.79 Å². The number of carbonyl (C=O) groups excluding carboxylic acids is 2. The molecule has 1 atom stereocenters. The fourth-order valence-corrected chi connectivity index (χ4v) is 2.23. The first kappa shape index (κ1) is 14.2. The Balaban J connectivity index is 2.04. The summed E-state index contributed by atoms with van der Waals surface area (Å²) >= 11 is 0. The lowest BCUT2D eigenvalue weighted by Gasteiger charge is -2.34. The summed E-state index contributed by atoms with van der Waals surface area (Å²) in [5, 5.41) is 5.57. The zero-order valence-corrected chi connectivity index (χ0v) is 11.7. The van der Waals surface area contributed by atoms with Gasteiger partial charge < -0.3 is 20.3 Å². The summed E-state index contributed by atoms with van der Waals surface area (Å²) in [6.45, 7) is 2.90. The summed E-state index contributed by atoms with van der Waals surface area (Å²) in [5.41, 5.74) is 0.677. The van der Waals surface area contributed by atoms with E-state index in [1.807, 2.05) is 6.92 Å². The van der Waals surface area contributed by atoms with Crippen molar-refractivity contribution in [3.8, 4) is 5.75 Å². The summed E-state index contributed by atoms with van der Waals surface area (Å²) in [4.78, 5) is 25.5. The van der Waals surface area contributed by atoms with Crippen molar-refractivity contribution in [2.24, 2.45) is 0 Å². The monoisotopic (exact) mass is 277 g/mol. The van der Waals surface area contributed by atoms with Crippen LogP contribution in [0.25, 0.3) is 0 Å². The lowest BCUT2D eigenvalue weighted by atomic mass is 10.1. The van der Waals surface area contributed by atoms with Crippen molar-refractivity contribution in [2.45, 2.75) is 19.4 Å². The summed E-state index contributed by atoms with van der Waals surface area (Å²) in [6, 6.07) is 6.42. The van der Waals surface area contributed by atoms with Gasteiger partial charge in [0.15, 0.2) is 0 Å². The van der Waals surface area contributed by atoms with Crippen molar-refractivity contribution in [3.63, 3.8) is 0 Å². The second-order valence-corrected chi connectivity index (χ2v) is 4.57. The van der Waals surface area contributed by atoms with Gasteiger partial charge in [0.2, 0.25) is 5.91 Å². The molecule has 0 saturated carbocycles. The van der Waals surface area contributed by atoms with Crippen LogP contribution in [0.3, 0.4) is 0 Å². The molecule has 1 aromatic rings. The Morgan fingerprint density at radius 2 is 2.15 bits per heavy atom. The maximum absolute atomic E-state index is 12.2. The highest BCUT2D eigenvalue weighted by molar-refractivity contribution is 5.94. The third-order valence-corrected chi connectivity index (χ3v) is 3.32. The number of ether oxygens (including phenoxy) is 1. The smallest absolute Gasteiger partial charge is 0.322 e. The number of benzene rings is 1. The molecule has 0 bridgehead atoms. The van der Waals surface area contributed by atoms with Crippen LogP contribution in [0.4, 0.5) is 10.5 Å². The molecule has 1 aromatic carbocycles. The highest BCUT2D eigenvalue weighted by Gasteiger charge is 2.31. The van der Waals surface area contributed by atoms with Crippen LogP contribution in [0.1, 0.15) is 13.3 Å². The fourth-order valence-electron chi connectivity index (χ4n) is 2.23. The standard InChI is InChI=1S/C14H19N3O3/c1-3-12-13(18)15-8-9-17(12)14(19)16-10-4-6-11(20-2)7-5-10/h4-7,12H,3,8-9H2,1-2H3,(H,15,18)(H,16,19). The number of anilines is 1. The molecule has 0 radical (unpaired) electrons. The van der Waals surface area contributed by atoms with E-state index >= 15 is 0 Å². The predicted octanol–water partition coefficient (Wildman–Crippen LogP) is 1.44. The van der Waals surface area contributed by atoms with Gasteiger partial charge in [-0.25, -0.2) is 4.79 Å². The zero-order valence-electron chi connectivity index (χ0n) is 11.7. The molecule has 1 aliphatic rings. The molecule has 2 rings (SSSR count). The number of nitrogens with one attached hydrogen (secondary N) is 2. The topological polar surface area (TPSA) is 70.7 Å². The molecule has 6 nitrogen and oxygen atoms in total. The summed E-state index contributed by atoms with van der Waals surface area (Å²) in [7, 11) is 1.59. The first-order valence-electron chi connectivity index (χ1n) is 6.65. The van der Waals surface area contributed by atoms with E-state index in [0.717, 1.165) is 5.75 Å². The molecular formula is C14H19N3O3. The summed E-state index contributed by atoms with van der Waals surface area (Å²) in [6.07, 6.45) is 0.599. The molecule has 0 aromatic heterocycles. The minimum atomic E-state index is -0.401. The molecule has 108 valence electrons. The zero-order chi connectivity index (χ0) is 14.5. The third-order valence-electron chi connectivity index (χ3n) is 3.32. The minimum Gasteiger partial charge on any atom is -0.497 e. The highest BCUT2D eigenvalue weighted by atomic mass is 16.5. The number of carbonyl (C=O) groups is 2. The van der Waals surface area contributed by atoms with Gasteiger partial charge >= 0.3 is 6.03 Å². The first-order valence-corrected chi connectivity index (χ1v) is 6.65. The molecular weight excluding hydrogens is 258 g/mol. The van der Waals surface area contributed by atoms with Crippen molar-refractivity contribution in [2.75, 3.05) is 25.5 Å². The second kappa shape index (κ2) is 6.27. The fraction of sp³-hybridized carbons (Fsp3) is 0.429. The van der Waals surface area contributed by atoms with Crippen molar-refractivity contribution in [1.82, 2.24) is 10.2 Å². The molecule has 0 spiro atoms. The maximum atomic E-state index is 12.2. The Morgan fingerprint density at radius 1 is 1.45 bits per heavy atom. The molecule has 1 unspecified atom stereocenters. The largest absolute Gasteiger partial charge is 0.497 e. The van der Waals surface area contributed by atoms with Gasteiger partial charge in [0.25, 0.3) is 0 Å². The average Bonchev–Trinajstić information content (AvgIpc) is 2.47. The highest BCUT2D eigenvalue weighted by Crippen LogP contribution is 2.17. The van der Waals surface area contributed by atoms with Crippen LogP contribution in [-0.4, -0.2) is 43.1 Å². The predicted molar refractivity (Wildman–Crippen MR) is 75.8 cm³/mol. The van der Waals surface area contributed by atoms with Gasteiger partial charge in [0.1, 0.15) is 11.8 Å². The Hall–Kier alpha value is -2.24. The van der Waals surface area contributed by atoms with Crippen molar-refractivity contribution < 1.29 is 14.3 Å². The maximum Gasteiger partial charge on any atom is 0.322 e. The van der Waals surface area contributed by atoms with E-state index in [2.05, 4.69) is 10.6 Å². The van der Waals surface area contributed by atoms with Gasteiger partial charge in [-0.05, 0) is 30.7 Å². The van der Waals surface area contributed by atoms with E-state index in [0.29, 0.717) is 25.2 Å². The van der Waals surface area contributed by atoms with E-state index in [1.54, 1.807) is 36.3 Å². The molecule has 1 fully saturated rings. The molecule has 20 heavy (non-hydrogen) atoms. The number of nitrogens with zero attached hydrogens (tertiary/aromatic N) is 1. The second-order valence-electron chi connectivity index (χ2n) is 4.57. The van der Waals surface area contributed by atoms with E-state index in [4.69, 9.17) is 4.74 Å². The van der Waals surface area contributed by atoms with Crippen molar-refractivity contribution in [1.29, 1.82) is 0 Å². The van der Waals surface area contributed by atoms with E-state index in [1.165, 1.54) is 0 Å². The number of hydrogen-bond acceptors (Lipinski definition) is 3. The van der Waals surface area contributed by atoms with Gasteiger partial charge in [0.05, 0.1) is 7.11 Å². The third kappa shape index (κ3) is 3.01. The van der Waals surface area contributed by atoms with E-state index in [9.17, 15) is 9.59 Å². The first-order chi connectivity index (χ1) is 9.65. The van der Waals surface area contributed by atoms with E-state index < -0.39 is 6.04 Å². The number of piperazine rings is 1. The molecule has 6 heteroatoms. The van der Waals surface area contributed by atoms with Crippen LogP contribution in [0.15, 0.2) is 24.3 Å². The molecule has 1 aliphatic heterocycles. The summed E-state index contributed by atoms with van der Waals surface area (Å²) in [5.74, 6) is 0.635. The lowest BCUT2D eigenvalue weighted by Crippen LogP contribution is -2.57. The Morgan fingerprint density at radius 3 is 2.75 bits per heavy atom. The van der Waals surface area contributed by atoms with Crippen LogP contribution in [0.2, 0.25) is 0 Å². The SMILES string of the molecule is CCC1C(=O)NCCN1C(=O)Nc1ccc(OC)cc1. The van der Waals surface area contributed by atoms with Crippen molar-refractivity contribution in [3.05, 3.63) is 24.3 Å². The van der Waals surface area contributed by atoms with Crippen molar-refractivity contribution >= 4 is 17.6 Å². The molecule has 1 saturated heterocycles. The number of hydrogen-bond donors (Lipinski definition) is 2. The van der Waals surface area contributed by atoms with Gasteiger partial charge in [-0.1, -0.05) is 6.92 Å². The Bertz CT molecular complexity index is 487. The van der Waals surface area contributed by atoms with Gasteiger partial charge in [0, 0.05) is 18.8 Å². The molecule has 3 amide bonds. The minimum absolute atomic E-state index is 0.0939. The van der Waals surface area contributed by atoms with Gasteiger partial charge in [-0.2, -0.15) is 0 Å². The van der Waals surface area contributed by atoms with Gasteiger partial charge in [-0.15, -0.1) is 0 Å². The number of methoxy groups -OCH3 is 1. The average molecular weight is 277 g/mol. The normalized spacial score (nSPS) is 18.4. The number of rotatable bonds is 3. The Labute approximate surface area is 118 Å². The lowest BCUT2D eigenvalue weighted by molar-refractivity contribution is -0.127. The molecule has 2 N–H and O–H groups in total. The van der Waals surface area contributed by atoms with Crippen LogP contribution in [0, 0.1) is 0 Å². The molecule has 1 heterocycles. The summed E-state index contributed by atoms with van der Waals surface area (Å²) < 4.78 is 5.06. The van der Waals surface area contributed by atoms with Crippen LogP contribution in [-0.2, 0) is 4.79 Å². The van der Waals surface area contributed by atoms with Crippen LogP contribution in [0.5, 0.6) is 5.75 Å². The van der Waals surface area contributed by atoms with Crippen LogP contribution < -0.4 is 15.4 Å². The quantitative estimate of drug-likeness (QED) is 0.878. The number of amides is 3. The Kier molecular flexibility index (Phi) is 4.45. The van der Waals surface area contributed by atoms with E-state index in [-0.39, 0.29) is 11.9 Å².